The second-order valence-electron chi connectivity index (χ2n) is 3.31. The molecule has 2 rings (SSSR count). The molecule has 0 fully saturated rings. The summed E-state index contributed by atoms with van der Waals surface area (Å²) in [7, 11) is 0. The van der Waals surface area contributed by atoms with Crippen molar-refractivity contribution in [3.8, 4) is 23.1 Å². The standard InChI is InChI=1S/C11H8N4O/c1-7-2-8(4-12)11(10(16)3-7)9-5-13-6-14-15-9/h2-3,5-6,16H,1H3. The molecular formula is C11H8N4O. The summed E-state index contributed by atoms with van der Waals surface area (Å²) in [6.45, 7) is 1.80. The molecule has 0 radical (unpaired) electrons. The summed E-state index contributed by atoms with van der Waals surface area (Å²) >= 11 is 0. The largest absolute Gasteiger partial charge is 0.507 e. The molecule has 1 aromatic carbocycles. The summed E-state index contributed by atoms with van der Waals surface area (Å²) in [6.07, 6.45) is 2.75. The molecule has 0 atom stereocenters. The minimum Gasteiger partial charge on any atom is -0.507 e. The maximum atomic E-state index is 9.81. The zero-order valence-corrected chi connectivity index (χ0v) is 8.55. The number of rotatable bonds is 1. The number of nitriles is 1. The molecular weight excluding hydrogens is 204 g/mol. The molecule has 0 spiro atoms. The topological polar surface area (TPSA) is 82.7 Å². The van der Waals surface area contributed by atoms with E-state index in [1.54, 1.807) is 19.1 Å². The number of aryl methyl sites for hydroxylation is 1. The van der Waals surface area contributed by atoms with Gasteiger partial charge in [0, 0.05) is 0 Å². The molecule has 5 nitrogen and oxygen atoms in total. The maximum Gasteiger partial charge on any atom is 0.138 e. The Balaban J connectivity index is 2.71. The van der Waals surface area contributed by atoms with E-state index < -0.39 is 0 Å². The van der Waals surface area contributed by atoms with E-state index in [2.05, 4.69) is 15.2 Å². The first-order chi connectivity index (χ1) is 7.72. The molecule has 16 heavy (non-hydrogen) atoms. The van der Waals surface area contributed by atoms with Gasteiger partial charge in [-0.25, -0.2) is 4.98 Å². The number of phenols is 1. The van der Waals surface area contributed by atoms with Crippen LogP contribution in [0.2, 0.25) is 0 Å². The van der Waals surface area contributed by atoms with Crippen molar-refractivity contribution in [3.05, 3.63) is 35.8 Å². The third-order valence-corrected chi connectivity index (χ3v) is 2.12. The minimum atomic E-state index is 0.0128. The van der Waals surface area contributed by atoms with Crippen LogP contribution in [0.4, 0.5) is 0 Å². The monoisotopic (exact) mass is 212 g/mol. The molecule has 5 heteroatoms. The molecule has 0 aliphatic carbocycles. The fourth-order valence-corrected chi connectivity index (χ4v) is 1.49. The first kappa shape index (κ1) is 10.1. The van der Waals surface area contributed by atoms with Crippen LogP contribution in [0, 0.1) is 18.3 Å². The first-order valence-electron chi connectivity index (χ1n) is 4.59. The van der Waals surface area contributed by atoms with Crippen LogP contribution in [0.25, 0.3) is 11.3 Å². The number of hydrogen-bond donors (Lipinski definition) is 1. The highest BCUT2D eigenvalue weighted by atomic mass is 16.3. The van der Waals surface area contributed by atoms with Crippen LogP contribution in [0.3, 0.4) is 0 Å². The molecule has 0 amide bonds. The van der Waals surface area contributed by atoms with Gasteiger partial charge in [0.25, 0.3) is 0 Å². The van der Waals surface area contributed by atoms with Gasteiger partial charge in [0.15, 0.2) is 0 Å². The van der Waals surface area contributed by atoms with Crippen LogP contribution >= 0.6 is 0 Å². The summed E-state index contributed by atoms with van der Waals surface area (Å²) in [5.74, 6) is 0.0128. The van der Waals surface area contributed by atoms with E-state index in [-0.39, 0.29) is 5.75 Å². The Hall–Kier alpha value is -2.48. The molecule has 1 N–H and O–H groups in total. The van der Waals surface area contributed by atoms with Crippen molar-refractivity contribution < 1.29 is 5.11 Å². The van der Waals surface area contributed by atoms with Crippen molar-refractivity contribution in [2.24, 2.45) is 0 Å². The van der Waals surface area contributed by atoms with Gasteiger partial charge in [0.1, 0.15) is 17.8 Å². The Morgan fingerprint density at radius 3 is 2.81 bits per heavy atom. The van der Waals surface area contributed by atoms with Gasteiger partial charge < -0.3 is 5.11 Å². The second-order valence-corrected chi connectivity index (χ2v) is 3.31. The highest BCUT2D eigenvalue weighted by Crippen LogP contribution is 2.31. The predicted molar refractivity (Wildman–Crippen MR) is 56.4 cm³/mol. The molecule has 2 aromatic rings. The highest BCUT2D eigenvalue weighted by Gasteiger charge is 2.12. The molecule has 78 valence electrons. The van der Waals surface area contributed by atoms with Gasteiger partial charge >= 0.3 is 0 Å². The van der Waals surface area contributed by atoms with E-state index in [0.717, 1.165) is 5.56 Å². The fourth-order valence-electron chi connectivity index (χ4n) is 1.49. The van der Waals surface area contributed by atoms with Gasteiger partial charge in [0.2, 0.25) is 0 Å². The summed E-state index contributed by atoms with van der Waals surface area (Å²) in [6, 6.07) is 5.28. The van der Waals surface area contributed by atoms with E-state index in [0.29, 0.717) is 16.8 Å². The molecule has 0 unspecified atom stereocenters. The number of aromatic hydroxyl groups is 1. The van der Waals surface area contributed by atoms with E-state index in [9.17, 15) is 5.11 Å². The molecule has 0 aliphatic heterocycles. The lowest BCUT2D eigenvalue weighted by Gasteiger charge is -2.06. The van der Waals surface area contributed by atoms with Crippen molar-refractivity contribution in [2.45, 2.75) is 6.92 Å². The maximum absolute atomic E-state index is 9.81. The van der Waals surface area contributed by atoms with Gasteiger partial charge in [-0.15, -0.1) is 10.2 Å². The van der Waals surface area contributed by atoms with E-state index >= 15 is 0 Å². The van der Waals surface area contributed by atoms with Gasteiger partial charge in [0.05, 0.1) is 23.4 Å². The molecule has 0 saturated heterocycles. The van der Waals surface area contributed by atoms with Crippen LogP contribution in [-0.4, -0.2) is 20.3 Å². The lowest BCUT2D eigenvalue weighted by atomic mass is 10.0. The smallest absolute Gasteiger partial charge is 0.138 e. The van der Waals surface area contributed by atoms with Crippen LogP contribution in [0.5, 0.6) is 5.75 Å². The van der Waals surface area contributed by atoms with E-state index in [1.807, 2.05) is 6.07 Å². The average molecular weight is 212 g/mol. The van der Waals surface area contributed by atoms with E-state index in [1.165, 1.54) is 12.5 Å². The zero-order valence-electron chi connectivity index (χ0n) is 8.55. The predicted octanol–water partition coefficient (Wildman–Crippen LogP) is 1.42. The van der Waals surface area contributed by atoms with Crippen LogP contribution in [0.1, 0.15) is 11.1 Å². The lowest BCUT2D eigenvalue weighted by Crippen LogP contribution is -1.93. The van der Waals surface area contributed by atoms with Crippen molar-refractivity contribution in [1.29, 1.82) is 5.26 Å². The highest BCUT2D eigenvalue weighted by molar-refractivity contribution is 5.73. The van der Waals surface area contributed by atoms with Gasteiger partial charge in [-0.3, -0.25) is 0 Å². The third-order valence-electron chi connectivity index (χ3n) is 2.12. The molecule has 0 aliphatic rings. The van der Waals surface area contributed by atoms with Gasteiger partial charge in [-0.1, -0.05) is 0 Å². The number of aromatic nitrogens is 3. The van der Waals surface area contributed by atoms with Gasteiger partial charge in [-0.2, -0.15) is 5.26 Å². The lowest BCUT2D eigenvalue weighted by molar-refractivity contribution is 0.476. The number of benzene rings is 1. The quantitative estimate of drug-likeness (QED) is 0.773. The Bertz CT molecular complexity index is 560. The summed E-state index contributed by atoms with van der Waals surface area (Å²) in [4.78, 5) is 3.81. The average Bonchev–Trinajstić information content (AvgIpc) is 2.29. The van der Waals surface area contributed by atoms with Crippen LogP contribution in [0.15, 0.2) is 24.7 Å². The molecule has 1 heterocycles. The van der Waals surface area contributed by atoms with Crippen molar-refractivity contribution >= 4 is 0 Å². The number of hydrogen-bond acceptors (Lipinski definition) is 5. The molecule has 0 saturated carbocycles. The van der Waals surface area contributed by atoms with E-state index in [4.69, 9.17) is 5.26 Å². The zero-order chi connectivity index (χ0) is 11.5. The minimum absolute atomic E-state index is 0.0128. The van der Waals surface area contributed by atoms with Crippen molar-refractivity contribution in [2.75, 3.05) is 0 Å². The molecule has 1 aromatic heterocycles. The van der Waals surface area contributed by atoms with Crippen LogP contribution < -0.4 is 0 Å². The first-order valence-corrected chi connectivity index (χ1v) is 4.59. The summed E-state index contributed by atoms with van der Waals surface area (Å²) in [5, 5.41) is 26.3. The van der Waals surface area contributed by atoms with Crippen LogP contribution in [-0.2, 0) is 0 Å². The Morgan fingerprint density at radius 1 is 1.38 bits per heavy atom. The normalized spacial score (nSPS) is 9.75. The summed E-state index contributed by atoms with van der Waals surface area (Å²) in [5.41, 5.74) is 1.93. The fraction of sp³-hybridized carbons (Fsp3) is 0.0909. The molecule has 0 bridgehead atoms. The van der Waals surface area contributed by atoms with Crippen molar-refractivity contribution in [3.63, 3.8) is 0 Å². The number of nitrogens with zero attached hydrogens (tertiary/aromatic N) is 4. The number of phenolic OH excluding ortho intramolecular Hbond substituents is 1. The second kappa shape index (κ2) is 3.95. The SMILES string of the molecule is Cc1cc(O)c(-c2cncnn2)c(C#N)c1. The Kier molecular flexibility index (Phi) is 2.48. The summed E-state index contributed by atoms with van der Waals surface area (Å²) < 4.78 is 0. The Labute approximate surface area is 92.0 Å². The third kappa shape index (κ3) is 1.68. The van der Waals surface area contributed by atoms with Gasteiger partial charge in [-0.05, 0) is 24.6 Å². The Morgan fingerprint density at radius 2 is 2.19 bits per heavy atom. The van der Waals surface area contributed by atoms with Crippen molar-refractivity contribution in [1.82, 2.24) is 15.2 Å².